The van der Waals surface area contributed by atoms with Gasteiger partial charge in [0.1, 0.15) is 24.8 Å². The van der Waals surface area contributed by atoms with E-state index in [9.17, 15) is 19.3 Å². The third-order valence-corrected chi connectivity index (χ3v) is 6.09. The molecule has 0 atom stereocenters. The van der Waals surface area contributed by atoms with E-state index in [1.54, 1.807) is 40.2 Å². The molecule has 0 radical (unpaired) electrons. The van der Waals surface area contributed by atoms with Crippen LogP contribution in [-0.4, -0.2) is 48.5 Å². The standard InChI is InChI=1S/C24H21FN8O3/c25-18-3-1-16(2-4-18)22(34)17-9-11-31(12-10-17)24-21(33(35)36)23(27-14-28-24)30-19-5-7-20(8-6-19)32-15-26-13-29-32/h1-8,13-15,17H,9-12H2,(H,27,28,30). The summed E-state index contributed by atoms with van der Waals surface area (Å²) in [5.41, 5.74) is 1.62. The van der Waals surface area contributed by atoms with Crippen LogP contribution < -0.4 is 10.2 Å². The molecule has 1 N–H and O–H groups in total. The largest absolute Gasteiger partial charge is 0.353 e. The molecule has 1 aliphatic heterocycles. The maximum absolute atomic E-state index is 13.2. The van der Waals surface area contributed by atoms with Crippen LogP contribution in [0, 0.1) is 21.8 Å². The lowest BCUT2D eigenvalue weighted by Gasteiger charge is -2.31. The fraction of sp³-hybridized carbons (Fsp3) is 0.208. The molecule has 0 bridgehead atoms. The maximum Gasteiger partial charge on any atom is 0.353 e. The summed E-state index contributed by atoms with van der Waals surface area (Å²) in [6.45, 7) is 0.836. The molecule has 0 amide bonds. The molecule has 12 heteroatoms. The van der Waals surface area contributed by atoms with Crippen LogP contribution in [0.2, 0.25) is 0 Å². The Labute approximate surface area is 204 Å². The van der Waals surface area contributed by atoms with E-state index >= 15 is 0 Å². The summed E-state index contributed by atoms with van der Waals surface area (Å²) in [4.78, 5) is 38.3. The Morgan fingerprint density at radius 3 is 2.39 bits per heavy atom. The summed E-state index contributed by atoms with van der Waals surface area (Å²) in [5.74, 6) is -0.419. The second kappa shape index (κ2) is 9.86. The molecule has 182 valence electrons. The molecule has 1 aliphatic rings. The minimum Gasteiger partial charge on any atom is -0.351 e. The monoisotopic (exact) mass is 488 g/mol. The van der Waals surface area contributed by atoms with Gasteiger partial charge in [0.15, 0.2) is 5.78 Å². The number of rotatable bonds is 7. The minimum absolute atomic E-state index is 0.0523. The van der Waals surface area contributed by atoms with E-state index in [0.29, 0.717) is 37.2 Å². The van der Waals surface area contributed by atoms with Crippen molar-refractivity contribution in [2.24, 2.45) is 5.92 Å². The summed E-state index contributed by atoms with van der Waals surface area (Å²) < 4.78 is 14.8. The Hall–Kier alpha value is -4.74. The first-order valence-corrected chi connectivity index (χ1v) is 11.3. The highest BCUT2D eigenvalue weighted by Gasteiger charge is 2.32. The number of Topliss-reactive ketones (excluding diaryl/α,β-unsaturated/α-hetero) is 1. The number of hydrogen-bond donors (Lipinski definition) is 1. The van der Waals surface area contributed by atoms with Crippen LogP contribution in [0.5, 0.6) is 0 Å². The molecule has 1 saturated heterocycles. The summed E-state index contributed by atoms with van der Waals surface area (Å²) >= 11 is 0. The zero-order valence-corrected chi connectivity index (χ0v) is 19.0. The van der Waals surface area contributed by atoms with Crippen molar-refractivity contribution in [1.29, 1.82) is 0 Å². The van der Waals surface area contributed by atoms with Gasteiger partial charge in [-0.1, -0.05) is 0 Å². The third-order valence-electron chi connectivity index (χ3n) is 6.09. The number of nitrogens with zero attached hydrogens (tertiary/aromatic N) is 7. The van der Waals surface area contributed by atoms with E-state index in [1.807, 2.05) is 0 Å². The number of nitro groups is 1. The smallest absolute Gasteiger partial charge is 0.351 e. The molecular weight excluding hydrogens is 467 g/mol. The van der Waals surface area contributed by atoms with Gasteiger partial charge in [-0.25, -0.2) is 24.0 Å². The number of piperidine rings is 1. The molecular formula is C24H21FN8O3. The number of benzene rings is 2. The fourth-order valence-corrected chi connectivity index (χ4v) is 4.24. The van der Waals surface area contributed by atoms with Crippen LogP contribution in [0.4, 0.5) is 27.4 Å². The highest BCUT2D eigenvalue weighted by molar-refractivity contribution is 5.98. The number of aromatic nitrogens is 5. The van der Waals surface area contributed by atoms with Crippen LogP contribution in [0.3, 0.4) is 0 Å². The third kappa shape index (κ3) is 4.73. The van der Waals surface area contributed by atoms with Gasteiger partial charge in [0.25, 0.3) is 0 Å². The molecule has 36 heavy (non-hydrogen) atoms. The van der Waals surface area contributed by atoms with Crippen molar-refractivity contribution in [1.82, 2.24) is 24.7 Å². The SMILES string of the molecule is O=C(c1ccc(F)cc1)C1CCN(c2ncnc(Nc3ccc(-n4cncn4)cc3)c2[N+](=O)[O-])CC1. The van der Waals surface area contributed by atoms with Crippen LogP contribution in [0.15, 0.2) is 67.5 Å². The Balaban J connectivity index is 1.31. The second-order valence-corrected chi connectivity index (χ2v) is 8.30. The van der Waals surface area contributed by atoms with E-state index < -0.39 is 10.7 Å². The van der Waals surface area contributed by atoms with Gasteiger partial charge in [-0.05, 0) is 61.4 Å². The molecule has 1 fully saturated rings. The molecule has 0 spiro atoms. The average Bonchev–Trinajstić information content (AvgIpc) is 3.44. The molecule has 11 nitrogen and oxygen atoms in total. The summed E-state index contributed by atoms with van der Waals surface area (Å²) in [6.07, 6.45) is 5.29. The number of hydrogen-bond acceptors (Lipinski definition) is 9. The van der Waals surface area contributed by atoms with E-state index in [-0.39, 0.29) is 29.0 Å². The zero-order valence-electron chi connectivity index (χ0n) is 19.0. The molecule has 4 aromatic rings. The van der Waals surface area contributed by atoms with Crippen molar-refractivity contribution in [3.05, 3.63) is 89.0 Å². The average molecular weight is 488 g/mol. The normalized spacial score (nSPS) is 14.0. The Kier molecular flexibility index (Phi) is 6.31. The van der Waals surface area contributed by atoms with Gasteiger partial charge in [-0.2, -0.15) is 5.10 Å². The topological polar surface area (TPSA) is 132 Å². The number of carbonyl (C=O) groups excluding carboxylic acids is 1. The highest BCUT2D eigenvalue weighted by atomic mass is 19.1. The van der Waals surface area contributed by atoms with Crippen molar-refractivity contribution < 1.29 is 14.1 Å². The quantitative estimate of drug-likeness (QED) is 0.233. The lowest BCUT2D eigenvalue weighted by molar-refractivity contribution is -0.383. The number of halogens is 1. The van der Waals surface area contributed by atoms with Gasteiger partial charge < -0.3 is 10.2 Å². The van der Waals surface area contributed by atoms with Gasteiger partial charge in [0.2, 0.25) is 11.6 Å². The van der Waals surface area contributed by atoms with Crippen LogP contribution >= 0.6 is 0 Å². The molecule has 2 aromatic carbocycles. The lowest BCUT2D eigenvalue weighted by Crippen LogP contribution is -2.37. The Morgan fingerprint density at radius 2 is 1.75 bits per heavy atom. The number of carbonyl (C=O) groups is 1. The fourth-order valence-electron chi connectivity index (χ4n) is 4.24. The molecule has 5 rings (SSSR count). The predicted molar refractivity (Wildman–Crippen MR) is 129 cm³/mol. The molecule has 2 aromatic heterocycles. The first-order chi connectivity index (χ1) is 17.5. The van der Waals surface area contributed by atoms with Gasteiger partial charge in [0, 0.05) is 30.3 Å². The number of anilines is 3. The summed E-state index contributed by atoms with van der Waals surface area (Å²) in [6, 6.07) is 12.6. The van der Waals surface area contributed by atoms with Crippen LogP contribution in [0.25, 0.3) is 5.69 Å². The van der Waals surface area contributed by atoms with Crippen LogP contribution in [0.1, 0.15) is 23.2 Å². The minimum atomic E-state index is -0.503. The first-order valence-electron chi connectivity index (χ1n) is 11.3. The Morgan fingerprint density at radius 1 is 1.03 bits per heavy atom. The molecule has 0 unspecified atom stereocenters. The van der Waals surface area contributed by atoms with Crippen molar-refractivity contribution in [3.63, 3.8) is 0 Å². The predicted octanol–water partition coefficient (Wildman–Crippen LogP) is 3.95. The van der Waals surface area contributed by atoms with Gasteiger partial charge in [-0.15, -0.1) is 0 Å². The molecule has 3 heterocycles. The molecule has 0 aliphatic carbocycles. The van der Waals surface area contributed by atoms with E-state index in [4.69, 9.17) is 0 Å². The number of nitrogens with one attached hydrogen (secondary N) is 1. The zero-order chi connectivity index (χ0) is 25.1. The van der Waals surface area contributed by atoms with Crippen molar-refractivity contribution in [2.75, 3.05) is 23.3 Å². The Bertz CT molecular complexity index is 1370. The maximum atomic E-state index is 13.2. The van der Waals surface area contributed by atoms with Gasteiger partial charge in [0.05, 0.1) is 10.6 Å². The van der Waals surface area contributed by atoms with Crippen LogP contribution in [-0.2, 0) is 0 Å². The van der Waals surface area contributed by atoms with Crippen molar-refractivity contribution >= 4 is 28.8 Å². The summed E-state index contributed by atoms with van der Waals surface area (Å²) in [7, 11) is 0. The van der Waals surface area contributed by atoms with Gasteiger partial charge in [-0.3, -0.25) is 14.9 Å². The van der Waals surface area contributed by atoms with E-state index in [2.05, 4.69) is 25.4 Å². The number of ketones is 1. The summed E-state index contributed by atoms with van der Waals surface area (Å²) in [5, 5.41) is 19.1. The van der Waals surface area contributed by atoms with E-state index in [1.165, 1.54) is 36.9 Å². The highest BCUT2D eigenvalue weighted by Crippen LogP contribution is 2.36. The van der Waals surface area contributed by atoms with Gasteiger partial charge >= 0.3 is 5.69 Å². The van der Waals surface area contributed by atoms with Crippen molar-refractivity contribution in [3.8, 4) is 5.69 Å². The lowest BCUT2D eigenvalue weighted by atomic mass is 9.89. The van der Waals surface area contributed by atoms with Crippen molar-refractivity contribution in [2.45, 2.75) is 12.8 Å². The molecule has 0 saturated carbocycles. The second-order valence-electron chi connectivity index (χ2n) is 8.30. The first kappa shape index (κ1) is 23.0. The van der Waals surface area contributed by atoms with E-state index in [0.717, 1.165) is 5.69 Å².